The number of hydrogen-bond donors (Lipinski definition) is 2. The molecule has 1 aliphatic heterocycles. The Hall–Kier alpha value is -0.286. The Labute approximate surface area is 202 Å². The monoisotopic (exact) mass is 514 g/mol. The second-order valence-electron chi connectivity index (χ2n) is 12.2. The Kier molecular flexibility index (Phi) is 10.2. The standard InChI is InChI=1S/C24H52N4P2Si2/c1-19(2)29(20(3)4,27-31(9,10)11)17-23-24(26-16-15-25-23)18-30(21(5)6,22(7)8)28-32(12,13)14/h15-22,25-26H,1-14H3. The third-order valence-corrected chi connectivity index (χ3v) is 21.3. The maximum absolute atomic E-state index is 5.64. The van der Waals surface area contributed by atoms with Crippen molar-refractivity contribution in [3.05, 3.63) is 35.4 Å². The topological polar surface area (TPSA) is 48.8 Å². The lowest BCUT2D eigenvalue weighted by Gasteiger charge is -2.36. The van der Waals surface area contributed by atoms with Crippen molar-refractivity contribution in [2.75, 3.05) is 0 Å². The van der Waals surface area contributed by atoms with Crippen LogP contribution in [0.3, 0.4) is 0 Å². The summed E-state index contributed by atoms with van der Waals surface area (Å²) in [7, 11) is -6.57. The van der Waals surface area contributed by atoms with E-state index in [1.54, 1.807) is 0 Å². The zero-order valence-corrected chi connectivity index (χ0v) is 27.2. The summed E-state index contributed by atoms with van der Waals surface area (Å²) in [5, 5.41) is 7.21. The fraction of sp³-hybridized carbons (Fsp3) is 0.750. The van der Waals surface area contributed by atoms with Gasteiger partial charge in [-0.05, 0) is 48.4 Å². The van der Waals surface area contributed by atoms with Crippen molar-refractivity contribution >= 4 is 30.6 Å². The molecule has 32 heavy (non-hydrogen) atoms. The molecule has 1 heterocycles. The zero-order chi connectivity index (χ0) is 25.1. The predicted molar refractivity (Wildman–Crippen MR) is 158 cm³/mol. The number of nitrogens with one attached hydrogen (secondary N) is 2. The minimum atomic E-state index is -1.68. The van der Waals surface area contributed by atoms with Crippen LogP contribution in [0.2, 0.25) is 39.3 Å². The largest absolute Gasteiger partial charge is 0.359 e. The summed E-state index contributed by atoms with van der Waals surface area (Å²) in [5.74, 6) is 5.07. The minimum Gasteiger partial charge on any atom is -0.359 e. The van der Waals surface area contributed by atoms with Gasteiger partial charge in [-0.2, -0.15) is 0 Å². The Morgan fingerprint density at radius 1 is 0.594 bits per heavy atom. The third kappa shape index (κ3) is 7.62. The van der Waals surface area contributed by atoms with E-state index in [2.05, 4.69) is 117 Å². The highest BCUT2D eigenvalue weighted by molar-refractivity contribution is 7.72. The van der Waals surface area contributed by atoms with Crippen LogP contribution in [0.4, 0.5) is 0 Å². The molecule has 0 aromatic carbocycles. The minimum absolute atomic E-state index is 0.525. The second-order valence-corrected chi connectivity index (χ2v) is 30.3. The first kappa shape index (κ1) is 29.7. The van der Waals surface area contributed by atoms with Crippen LogP contribution in [-0.4, -0.2) is 39.1 Å². The summed E-state index contributed by atoms with van der Waals surface area (Å²) < 4.78 is 11.3. The van der Waals surface area contributed by atoms with Gasteiger partial charge in [-0.3, -0.25) is 0 Å². The van der Waals surface area contributed by atoms with E-state index in [4.69, 9.17) is 8.82 Å². The number of nitrogens with zero attached hydrogens (tertiary/aromatic N) is 2. The van der Waals surface area contributed by atoms with E-state index in [-0.39, 0.29) is 0 Å². The fourth-order valence-corrected chi connectivity index (χ4v) is 21.7. The average Bonchev–Trinajstić information content (AvgIpc) is 2.58. The molecule has 1 rings (SSSR count). The maximum atomic E-state index is 5.64. The van der Waals surface area contributed by atoms with Crippen LogP contribution >= 0.6 is 14.1 Å². The van der Waals surface area contributed by atoms with Crippen molar-refractivity contribution in [3.8, 4) is 0 Å². The van der Waals surface area contributed by atoms with Gasteiger partial charge in [0.15, 0.2) is 16.5 Å². The van der Waals surface area contributed by atoms with Gasteiger partial charge in [0.1, 0.15) is 0 Å². The lowest BCUT2D eigenvalue weighted by molar-refractivity contribution is 0.913. The smallest absolute Gasteiger partial charge is 0.170 e. The molecule has 0 aliphatic carbocycles. The molecule has 0 aromatic heterocycles. The van der Waals surface area contributed by atoms with Crippen LogP contribution in [0, 0.1) is 0 Å². The van der Waals surface area contributed by atoms with Crippen LogP contribution in [0.15, 0.2) is 44.2 Å². The molecule has 8 heteroatoms. The molecule has 0 saturated carbocycles. The Bertz CT molecular complexity index is 758. The van der Waals surface area contributed by atoms with Crippen LogP contribution in [0.5, 0.6) is 0 Å². The molecule has 0 fully saturated rings. The van der Waals surface area contributed by atoms with Crippen molar-refractivity contribution in [2.45, 2.75) is 117 Å². The summed E-state index contributed by atoms with van der Waals surface area (Å²) in [6.45, 7) is 33.1. The molecular weight excluding hydrogens is 462 g/mol. The van der Waals surface area contributed by atoms with E-state index in [1.165, 1.54) is 11.4 Å². The number of rotatable bonds is 8. The van der Waals surface area contributed by atoms with Gasteiger partial charge in [0.2, 0.25) is 0 Å². The van der Waals surface area contributed by atoms with Crippen LogP contribution < -0.4 is 10.6 Å². The van der Waals surface area contributed by atoms with E-state index in [0.29, 0.717) is 22.6 Å². The molecule has 1 aliphatic rings. The first-order chi connectivity index (χ1) is 14.4. The molecule has 0 bridgehead atoms. The average molecular weight is 515 g/mol. The summed E-state index contributed by atoms with van der Waals surface area (Å²) in [5.41, 5.74) is 4.49. The highest BCUT2D eigenvalue weighted by Gasteiger charge is 2.32. The van der Waals surface area contributed by atoms with Crippen LogP contribution in [0.1, 0.15) is 55.4 Å². The molecule has 0 amide bonds. The van der Waals surface area contributed by atoms with E-state index < -0.39 is 30.6 Å². The normalized spacial score (nSPS) is 18.7. The van der Waals surface area contributed by atoms with Gasteiger partial charge in [0.25, 0.3) is 0 Å². The summed E-state index contributed by atoms with van der Waals surface area (Å²) >= 11 is 0. The first-order valence-electron chi connectivity index (χ1n) is 12.3. The lowest BCUT2D eigenvalue weighted by atomic mass is 10.3. The Morgan fingerprint density at radius 2 is 0.844 bits per heavy atom. The van der Waals surface area contributed by atoms with Gasteiger partial charge in [-0.1, -0.05) is 94.7 Å². The van der Waals surface area contributed by atoms with Gasteiger partial charge in [-0.25, -0.2) is 0 Å². The molecule has 0 atom stereocenters. The Morgan fingerprint density at radius 3 is 1.03 bits per heavy atom. The van der Waals surface area contributed by atoms with Gasteiger partial charge in [-0.15, -0.1) is 0 Å². The van der Waals surface area contributed by atoms with Crippen molar-refractivity contribution in [1.82, 2.24) is 10.6 Å². The van der Waals surface area contributed by atoms with Gasteiger partial charge in [0, 0.05) is 12.4 Å². The third-order valence-electron chi connectivity index (χ3n) is 5.78. The summed E-state index contributed by atoms with van der Waals surface area (Å²) in [6.07, 6.45) is 4.04. The molecule has 0 saturated heterocycles. The lowest BCUT2D eigenvalue weighted by Crippen LogP contribution is -2.26. The van der Waals surface area contributed by atoms with Gasteiger partial charge >= 0.3 is 0 Å². The van der Waals surface area contributed by atoms with Crippen LogP contribution in [-0.2, 0) is 0 Å². The molecule has 186 valence electrons. The van der Waals surface area contributed by atoms with E-state index in [9.17, 15) is 0 Å². The quantitative estimate of drug-likeness (QED) is 0.251. The van der Waals surface area contributed by atoms with Gasteiger partial charge < -0.3 is 19.5 Å². The van der Waals surface area contributed by atoms with Gasteiger partial charge in [0.05, 0.1) is 11.4 Å². The molecule has 0 radical (unpaired) electrons. The SMILES string of the molecule is CC(C)P(C=C1NC=CNC1=CP(=N[Si](C)(C)C)(C(C)C)C(C)C)(=N[Si](C)(C)C)C(C)C. The number of hydrogen-bond acceptors (Lipinski definition) is 4. The molecule has 2 N–H and O–H groups in total. The van der Waals surface area contributed by atoms with E-state index >= 15 is 0 Å². The maximum Gasteiger partial charge on any atom is 0.170 e. The molecule has 0 unspecified atom stereocenters. The summed E-state index contributed by atoms with van der Waals surface area (Å²) in [4.78, 5) is 0. The fourth-order valence-electron chi connectivity index (χ4n) is 4.39. The second kappa shape index (κ2) is 11.0. The predicted octanol–water partition coefficient (Wildman–Crippen LogP) is 9.04. The van der Waals surface area contributed by atoms with E-state index in [1.807, 2.05) is 12.4 Å². The molecule has 0 aromatic rings. The van der Waals surface area contributed by atoms with Crippen molar-refractivity contribution in [3.63, 3.8) is 0 Å². The van der Waals surface area contributed by atoms with Crippen LogP contribution in [0.25, 0.3) is 0 Å². The highest BCUT2D eigenvalue weighted by atomic mass is 31.2. The molecule has 4 nitrogen and oxygen atoms in total. The first-order valence-corrected chi connectivity index (χ1v) is 23.0. The van der Waals surface area contributed by atoms with Crippen molar-refractivity contribution < 1.29 is 0 Å². The van der Waals surface area contributed by atoms with Crippen molar-refractivity contribution in [1.29, 1.82) is 0 Å². The molecular formula is C24H52N4P2Si2. The summed E-state index contributed by atoms with van der Waals surface area (Å²) in [6, 6.07) is 0. The Balaban J connectivity index is 3.96. The molecule has 0 spiro atoms. The van der Waals surface area contributed by atoms with Crippen molar-refractivity contribution in [2.24, 2.45) is 8.82 Å². The highest BCUT2D eigenvalue weighted by Crippen LogP contribution is 2.64. The van der Waals surface area contributed by atoms with E-state index in [0.717, 1.165) is 0 Å². The zero-order valence-electron chi connectivity index (χ0n) is 23.4.